The number of carboxylic acid groups (broad SMARTS) is 1. The van der Waals surface area contributed by atoms with Crippen LogP contribution in [0.15, 0.2) is 48.5 Å². The van der Waals surface area contributed by atoms with Gasteiger partial charge in [0.25, 0.3) is 0 Å². The van der Waals surface area contributed by atoms with Crippen LogP contribution in [-0.2, 0) is 16.1 Å². The zero-order valence-corrected chi connectivity index (χ0v) is 14.0. The van der Waals surface area contributed by atoms with Gasteiger partial charge in [0.05, 0.1) is 6.54 Å². The predicted octanol–water partition coefficient (Wildman–Crippen LogP) is 2.00. The fourth-order valence-corrected chi connectivity index (χ4v) is 3.13. The van der Waals surface area contributed by atoms with Gasteiger partial charge in [-0.15, -0.1) is 0 Å². The number of amides is 1. The van der Waals surface area contributed by atoms with Crippen LogP contribution in [0.1, 0.15) is 17.2 Å². The van der Waals surface area contributed by atoms with E-state index in [9.17, 15) is 24.2 Å². The Kier molecular flexibility index (Phi) is 5.18. The summed E-state index contributed by atoms with van der Waals surface area (Å²) in [5.74, 6) is -1.61. The number of aliphatic carboxylic acids is 1. The minimum atomic E-state index is -1.07. The highest BCUT2D eigenvalue weighted by molar-refractivity contribution is 5.81. The van der Waals surface area contributed by atoms with Gasteiger partial charge in [-0.2, -0.15) is 0 Å². The zero-order chi connectivity index (χ0) is 18.7. The molecule has 0 aromatic heterocycles. The smallest absolute Gasteiger partial charge is 0.325 e. The summed E-state index contributed by atoms with van der Waals surface area (Å²) < 4.78 is 13.0. The minimum Gasteiger partial charge on any atom is -0.508 e. The van der Waals surface area contributed by atoms with Gasteiger partial charge in [0, 0.05) is 19.6 Å². The summed E-state index contributed by atoms with van der Waals surface area (Å²) in [6.07, 6.45) is 0. The third-order valence-electron chi connectivity index (χ3n) is 4.42. The number of rotatable bonds is 5. The number of aromatic hydroxyl groups is 1. The van der Waals surface area contributed by atoms with Crippen molar-refractivity contribution < 1.29 is 24.2 Å². The van der Waals surface area contributed by atoms with Gasteiger partial charge in [0.2, 0.25) is 5.91 Å². The van der Waals surface area contributed by atoms with Crippen molar-refractivity contribution >= 4 is 11.9 Å². The van der Waals surface area contributed by atoms with Crippen LogP contribution in [0.5, 0.6) is 5.75 Å². The first-order valence-corrected chi connectivity index (χ1v) is 8.22. The molecule has 0 saturated carbocycles. The number of piperazine rings is 1. The fourth-order valence-electron chi connectivity index (χ4n) is 3.13. The lowest BCUT2D eigenvalue weighted by Gasteiger charge is -2.37. The summed E-state index contributed by atoms with van der Waals surface area (Å²) in [7, 11) is 0. The molecule has 0 radical (unpaired) electrons. The van der Waals surface area contributed by atoms with Crippen LogP contribution in [0.25, 0.3) is 0 Å². The topological polar surface area (TPSA) is 81.1 Å². The van der Waals surface area contributed by atoms with Crippen LogP contribution in [0.2, 0.25) is 0 Å². The van der Waals surface area contributed by atoms with Gasteiger partial charge in [0.1, 0.15) is 17.6 Å². The molecule has 1 aliphatic heterocycles. The molecule has 7 heteroatoms. The van der Waals surface area contributed by atoms with Crippen molar-refractivity contribution in [3.63, 3.8) is 0 Å². The first-order chi connectivity index (χ1) is 12.4. The Balaban J connectivity index is 1.71. The molecule has 136 valence electrons. The van der Waals surface area contributed by atoms with Crippen LogP contribution in [0.4, 0.5) is 4.39 Å². The summed E-state index contributed by atoms with van der Waals surface area (Å²) >= 11 is 0. The van der Waals surface area contributed by atoms with Gasteiger partial charge in [-0.25, -0.2) is 4.39 Å². The van der Waals surface area contributed by atoms with E-state index in [0.717, 1.165) is 5.56 Å². The van der Waals surface area contributed by atoms with Gasteiger partial charge in [-0.1, -0.05) is 24.3 Å². The van der Waals surface area contributed by atoms with Gasteiger partial charge in [-0.3, -0.25) is 14.5 Å². The molecule has 2 aromatic carbocycles. The number of carboxylic acids is 1. The van der Waals surface area contributed by atoms with Crippen LogP contribution in [-0.4, -0.2) is 51.5 Å². The second-order valence-electron chi connectivity index (χ2n) is 6.25. The fraction of sp³-hybridized carbons (Fsp3) is 0.263. The number of carbonyl (C=O) groups is 2. The van der Waals surface area contributed by atoms with Crippen molar-refractivity contribution in [3.8, 4) is 5.75 Å². The van der Waals surface area contributed by atoms with E-state index in [1.54, 1.807) is 34.1 Å². The largest absolute Gasteiger partial charge is 0.508 e. The number of halogens is 1. The molecule has 2 N–H and O–H groups in total. The molecule has 1 aliphatic rings. The standard InChI is InChI=1S/C19H19FN2O4/c20-15-6-4-13(5-7-15)11-21-8-9-22(12-17(21)24)18(19(25)26)14-2-1-3-16(23)10-14/h1-7,10,18,23H,8-9,11-12H2,(H,25,26)/t18-/m1/s1. The van der Waals surface area contributed by atoms with E-state index < -0.39 is 12.0 Å². The van der Waals surface area contributed by atoms with E-state index in [4.69, 9.17) is 0 Å². The molecule has 1 saturated heterocycles. The minimum absolute atomic E-state index is 0.0185. The number of benzene rings is 2. The normalized spacial score (nSPS) is 16.5. The Labute approximate surface area is 150 Å². The summed E-state index contributed by atoms with van der Waals surface area (Å²) in [6.45, 7) is 1.09. The van der Waals surface area contributed by atoms with Crippen molar-refractivity contribution in [3.05, 3.63) is 65.5 Å². The molecular formula is C19H19FN2O4. The summed E-state index contributed by atoms with van der Waals surface area (Å²) in [4.78, 5) is 27.4. The quantitative estimate of drug-likeness (QED) is 0.854. The summed E-state index contributed by atoms with van der Waals surface area (Å²) in [5.41, 5.74) is 1.24. The lowest BCUT2D eigenvalue weighted by Crippen LogP contribution is -2.52. The number of carbonyl (C=O) groups excluding carboxylic acids is 1. The van der Waals surface area contributed by atoms with E-state index in [0.29, 0.717) is 25.2 Å². The maximum absolute atomic E-state index is 13.0. The molecule has 0 unspecified atom stereocenters. The average Bonchev–Trinajstić information content (AvgIpc) is 2.59. The van der Waals surface area contributed by atoms with Crippen LogP contribution in [0, 0.1) is 5.82 Å². The van der Waals surface area contributed by atoms with Gasteiger partial charge >= 0.3 is 5.97 Å². The van der Waals surface area contributed by atoms with E-state index in [2.05, 4.69) is 0 Å². The van der Waals surface area contributed by atoms with Crippen molar-refractivity contribution in [1.82, 2.24) is 9.80 Å². The van der Waals surface area contributed by atoms with Crippen molar-refractivity contribution in [2.75, 3.05) is 19.6 Å². The third kappa shape index (κ3) is 4.00. The molecule has 3 rings (SSSR count). The Morgan fingerprint density at radius 2 is 1.88 bits per heavy atom. The second-order valence-corrected chi connectivity index (χ2v) is 6.25. The Morgan fingerprint density at radius 3 is 2.50 bits per heavy atom. The lowest BCUT2D eigenvalue weighted by molar-refractivity contribution is -0.148. The maximum Gasteiger partial charge on any atom is 0.325 e. The van der Waals surface area contributed by atoms with E-state index >= 15 is 0 Å². The molecule has 1 heterocycles. The molecule has 2 aromatic rings. The molecule has 6 nitrogen and oxygen atoms in total. The molecule has 1 fully saturated rings. The lowest BCUT2D eigenvalue weighted by atomic mass is 10.0. The molecule has 0 aliphatic carbocycles. The second kappa shape index (κ2) is 7.53. The Bertz CT molecular complexity index is 809. The summed E-state index contributed by atoms with van der Waals surface area (Å²) in [6, 6.07) is 11.0. The highest BCUT2D eigenvalue weighted by Gasteiger charge is 2.33. The van der Waals surface area contributed by atoms with E-state index in [-0.39, 0.29) is 24.0 Å². The first kappa shape index (κ1) is 17.9. The average molecular weight is 358 g/mol. The Hall–Kier alpha value is -2.93. The SMILES string of the molecule is O=C(O)[C@@H](c1cccc(O)c1)N1CCN(Cc2ccc(F)cc2)C(=O)C1. The molecular weight excluding hydrogens is 339 g/mol. The number of hydrogen-bond donors (Lipinski definition) is 2. The summed E-state index contributed by atoms with van der Waals surface area (Å²) in [5, 5.41) is 19.2. The molecule has 1 amide bonds. The first-order valence-electron chi connectivity index (χ1n) is 8.22. The van der Waals surface area contributed by atoms with Gasteiger partial charge in [0.15, 0.2) is 0 Å². The van der Waals surface area contributed by atoms with Crippen molar-refractivity contribution in [2.24, 2.45) is 0 Å². The molecule has 1 atom stereocenters. The van der Waals surface area contributed by atoms with Crippen LogP contribution in [0.3, 0.4) is 0 Å². The van der Waals surface area contributed by atoms with Crippen LogP contribution < -0.4 is 0 Å². The number of phenols is 1. The predicted molar refractivity (Wildman–Crippen MR) is 91.9 cm³/mol. The zero-order valence-electron chi connectivity index (χ0n) is 14.0. The molecule has 26 heavy (non-hydrogen) atoms. The van der Waals surface area contributed by atoms with Crippen molar-refractivity contribution in [1.29, 1.82) is 0 Å². The van der Waals surface area contributed by atoms with Gasteiger partial charge in [-0.05, 0) is 35.4 Å². The van der Waals surface area contributed by atoms with E-state index in [1.807, 2.05) is 0 Å². The van der Waals surface area contributed by atoms with Crippen LogP contribution >= 0.6 is 0 Å². The van der Waals surface area contributed by atoms with E-state index in [1.165, 1.54) is 24.3 Å². The number of hydrogen-bond acceptors (Lipinski definition) is 4. The molecule has 0 bridgehead atoms. The number of phenolic OH excluding ortho intramolecular Hbond substituents is 1. The third-order valence-corrected chi connectivity index (χ3v) is 4.42. The highest BCUT2D eigenvalue weighted by Crippen LogP contribution is 2.26. The monoisotopic (exact) mass is 358 g/mol. The highest BCUT2D eigenvalue weighted by atomic mass is 19.1. The molecule has 0 spiro atoms. The Morgan fingerprint density at radius 1 is 1.15 bits per heavy atom. The number of nitrogens with zero attached hydrogens (tertiary/aromatic N) is 2. The van der Waals surface area contributed by atoms with Gasteiger partial charge < -0.3 is 15.1 Å². The maximum atomic E-state index is 13.0. The van der Waals surface area contributed by atoms with Crippen molar-refractivity contribution in [2.45, 2.75) is 12.6 Å².